The maximum Gasteiger partial charge on any atom is 0.410 e. The topological polar surface area (TPSA) is 134 Å². The molecular weight excluding hydrogens is 710 g/mol. The highest BCUT2D eigenvalue weighted by atomic mass is 35.5. The maximum atomic E-state index is 13.4. The molecule has 4 unspecified atom stereocenters. The van der Waals surface area contributed by atoms with Crippen LogP contribution in [0.3, 0.4) is 0 Å². The van der Waals surface area contributed by atoms with Crippen LogP contribution >= 0.6 is 11.6 Å². The Morgan fingerprint density at radius 3 is 2.39 bits per heavy atom. The minimum absolute atomic E-state index is 0.110. The summed E-state index contributed by atoms with van der Waals surface area (Å²) in [6, 6.07) is 5.51. The number of nitrogens with zero attached hydrogens (tertiary/aromatic N) is 6. The number of nitrogens with one attached hydrogen (secondary N) is 1. The van der Waals surface area contributed by atoms with Gasteiger partial charge in [0.05, 0.1) is 42.1 Å². The van der Waals surface area contributed by atoms with Crippen molar-refractivity contribution in [3.63, 3.8) is 0 Å². The van der Waals surface area contributed by atoms with E-state index in [9.17, 15) is 14.7 Å². The van der Waals surface area contributed by atoms with E-state index in [4.69, 9.17) is 30.8 Å². The number of likely N-dealkylation sites (tertiary alicyclic amines) is 1. The number of hydrogen-bond donors (Lipinski definition) is 2. The Hall–Kier alpha value is -3.75. The van der Waals surface area contributed by atoms with E-state index in [1.807, 2.05) is 50.7 Å². The zero-order chi connectivity index (χ0) is 38.4. The number of fused-ring (bicyclic) bond motifs is 2. The molecule has 3 fully saturated rings. The highest BCUT2D eigenvalue weighted by Crippen LogP contribution is 2.46. The average molecular weight is 764 g/mol. The number of piperazine rings is 1. The molecule has 2 aromatic rings. The number of amides is 2. The first-order valence-electron chi connectivity index (χ1n) is 19.2. The molecule has 4 atom stereocenters. The summed E-state index contributed by atoms with van der Waals surface area (Å²) in [5.74, 6) is 0. The number of carbonyl (C=O) groups excluding carboxylic acids is 2. The Bertz CT molecular complexity index is 1810. The number of methoxy groups -OCH3 is 1. The van der Waals surface area contributed by atoms with Crippen LogP contribution in [0.15, 0.2) is 53.4 Å². The number of dihydropyridines is 1. The molecule has 2 aliphatic carbocycles. The van der Waals surface area contributed by atoms with Crippen molar-refractivity contribution >= 4 is 35.1 Å². The number of aliphatic hydroxyl groups excluding tert-OH is 1. The van der Waals surface area contributed by atoms with Crippen LogP contribution in [0, 0.1) is 0 Å². The smallest absolute Gasteiger partial charge is 0.410 e. The molecule has 1 aromatic heterocycles. The van der Waals surface area contributed by atoms with Crippen molar-refractivity contribution in [3.8, 4) is 0 Å². The maximum absolute atomic E-state index is 13.4. The van der Waals surface area contributed by atoms with Gasteiger partial charge in [-0.25, -0.2) is 14.6 Å². The number of ether oxygens (including phenoxy) is 3. The van der Waals surface area contributed by atoms with Crippen molar-refractivity contribution < 1.29 is 28.9 Å². The summed E-state index contributed by atoms with van der Waals surface area (Å²) in [5, 5.41) is 15.7. The molecule has 14 heteroatoms. The molecule has 2 N–H and O–H groups in total. The van der Waals surface area contributed by atoms with E-state index < -0.39 is 23.5 Å². The molecule has 292 valence electrons. The fraction of sp³-hybridized carbons (Fsp3) is 0.600. The Balaban J connectivity index is 1.12. The van der Waals surface area contributed by atoms with Crippen LogP contribution in [-0.2, 0) is 21.3 Å². The number of piperidine rings is 1. The van der Waals surface area contributed by atoms with Crippen molar-refractivity contribution in [1.82, 2.24) is 29.6 Å². The Kier molecular flexibility index (Phi) is 11.0. The monoisotopic (exact) mass is 763 g/mol. The van der Waals surface area contributed by atoms with Crippen molar-refractivity contribution in [2.75, 3.05) is 46.4 Å². The van der Waals surface area contributed by atoms with Gasteiger partial charge in [0, 0.05) is 71.3 Å². The molecule has 2 amide bonds. The fourth-order valence-corrected chi connectivity index (χ4v) is 8.18. The number of aliphatic imine (C=N–C) groups is 1. The second-order valence-corrected chi connectivity index (χ2v) is 16.7. The van der Waals surface area contributed by atoms with E-state index in [0.717, 1.165) is 52.9 Å². The minimum Gasteiger partial charge on any atom is -0.446 e. The molecule has 4 heterocycles. The van der Waals surface area contributed by atoms with Gasteiger partial charge in [0.15, 0.2) is 0 Å². The second-order valence-electron chi connectivity index (χ2n) is 16.3. The standard InChI is InChI=1S/C40H54ClN7O6/c1-25-7-8-26-21-31(34(32-23-42-24-45(32)5)44-36(49)40(52-6)13-14-40)30-22-27(41)9-10-29(30)35(33(26)43-25)46-17-19-48(20-18-46)37(50)53-28-11-15-47(16-12-28)38(51)54-39(2,3)4/h8-10,21-25,28,34-36,44,49H,7,11-20H2,1-6H3. The average Bonchev–Trinajstić information content (AvgIpc) is 3.86. The number of allylic oxidation sites excluding steroid dienone is 1. The highest BCUT2D eigenvalue weighted by molar-refractivity contribution is 6.30. The van der Waals surface area contributed by atoms with Crippen LogP contribution in [0.4, 0.5) is 9.59 Å². The van der Waals surface area contributed by atoms with Gasteiger partial charge in [0.1, 0.15) is 23.5 Å². The van der Waals surface area contributed by atoms with E-state index in [-0.39, 0.29) is 30.4 Å². The number of imidazole rings is 1. The molecule has 7 rings (SSSR count). The first-order chi connectivity index (χ1) is 25.7. The highest BCUT2D eigenvalue weighted by Gasteiger charge is 2.51. The molecule has 54 heavy (non-hydrogen) atoms. The summed E-state index contributed by atoms with van der Waals surface area (Å²) in [7, 11) is 3.60. The molecule has 3 aliphatic heterocycles. The van der Waals surface area contributed by atoms with Crippen LogP contribution in [0.5, 0.6) is 0 Å². The van der Waals surface area contributed by atoms with Crippen molar-refractivity contribution in [2.24, 2.45) is 12.0 Å². The molecule has 0 radical (unpaired) electrons. The van der Waals surface area contributed by atoms with Gasteiger partial charge in [-0.15, -0.1) is 0 Å². The second kappa shape index (κ2) is 15.4. The minimum atomic E-state index is -0.913. The largest absolute Gasteiger partial charge is 0.446 e. The number of aliphatic hydroxyl groups is 1. The third-order valence-corrected chi connectivity index (χ3v) is 11.5. The van der Waals surface area contributed by atoms with Gasteiger partial charge in [0.25, 0.3) is 0 Å². The summed E-state index contributed by atoms with van der Waals surface area (Å²) >= 11 is 6.78. The first kappa shape index (κ1) is 38.5. The van der Waals surface area contributed by atoms with E-state index >= 15 is 0 Å². The van der Waals surface area contributed by atoms with E-state index in [1.165, 1.54) is 0 Å². The quantitative estimate of drug-likeness (QED) is 0.327. The van der Waals surface area contributed by atoms with Crippen LogP contribution in [-0.4, -0.2) is 123 Å². The van der Waals surface area contributed by atoms with E-state index in [1.54, 1.807) is 23.2 Å². The lowest BCUT2D eigenvalue weighted by Crippen LogP contribution is -2.52. The lowest BCUT2D eigenvalue weighted by atomic mass is 9.89. The molecule has 13 nitrogen and oxygen atoms in total. The lowest BCUT2D eigenvalue weighted by molar-refractivity contribution is -0.0512. The Morgan fingerprint density at radius 1 is 1.06 bits per heavy atom. The van der Waals surface area contributed by atoms with Crippen LogP contribution in [0.1, 0.15) is 88.7 Å². The van der Waals surface area contributed by atoms with E-state index in [2.05, 4.69) is 40.3 Å². The molecule has 2 saturated heterocycles. The van der Waals surface area contributed by atoms with Crippen LogP contribution in [0.25, 0.3) is 5.57 Å². The van der Waals surface area contributed by atoms with Gasteiger partial charge in [-0.2, -0.15) is 0 Å². The number of aryl methyl sites for hydroxylation is 1. The third-order valence-electron chi connectivity index (χ3n) is 11.3. The number of halogens is 1. The van der Waals surface area contributed by atoms with Gasteiger partial charge in [0.2, 0.25) is 0 Å². The van der Waals surface area contributed by atoms with Gasteiger partial charge >= 0.3 is 12.2 Å². The number of rotatable bonds is 8. The van der Waals surface area contributed by atoms with Gasteiger partial charge in [-0.05, 0) is 87.4 Å². The van der Waals surface area contributed by atoms with Crippen LogP contribution < -0.4 is 5.32 Å². The molecule has 1 aromatic carbocycles. The zero-order valence-corrected chi connectivity index (χ0v) is 33.0. The zero-order valence-electron chi connectivity index (χ0n) is 32.3. The summed E-state index contributed by atoms with van der Waals surface area (Å²) in [5.41, 5.74) is 4.71. The predicted molar refractivity (Wildman–Crippen MR) is 206 cm³/mol. The van der Waals surface area contributed by atoms with Gasteiger partial charge < -0.3 is 33.7 Å². The van der Waals surface area contributed by atoms with Crippen LogP contribution in [0.2, 0.25) is 5.02 Å². The Labute approximate surface area is 323 Å². The van der Waals surface area contributed by atoms with E-state index in [0.29, 0.717) is 57.1 Å². The molecule has 5 aliphatic rings. The number of benzene rings is 1. The van der Waals surface area contributed by atoms with Crippen molar-refractivity contribution in [3.05, 3.63) is 70.3 Å². The van der Waals surface area contributed by atoms with Gasteiger partial charge in [-0.3, -0.25) is 15.2 Å². The van der Waals surface area contributed by atoms with Gasteiger partial charge in [-0.1, -0.05) is 23.7 Å². The summed E-state index contributed by atoms with van der Waals surface area (Å²) in [6.07, 6.45) is 9.75. The SMILES string of the molecule is COC1(C(O)NC(C2=CC3=CCC(C)N=C3C(N3CCN(C(=O)OC4CCN(C(=O)OC(C)(C)C)CC4)CC3)c3ccc(Cl)cc32)c2cncn2C)CC1. The predicted octanol–water partition coefficient (Wildman–Crippen LogP) is 5.65. The number of aromatic nitrogens is 2. The molecule has 0 bridgehead atoms. The van der Waals surface area contributed by atoms with Crippen molar-refractivity contribution in [1.29, 1.82) is 0 Å². The Morgan fingerprint density at radius 2 is 1.76 bits per heavy atom. The lowest BCUT2D eigenvalue weighted by Gasteiger charge is -2.41. The third kappa shape index (κ3) is 8.11. The summed E-state index contributed by atoms with van der Waals surface area (Å²) < 4.78 is 19.2. The number of carbonyl (C=O) groups is 2. The summed E-state index contributed by atoms with van der Waals surface area (Å²) in [4.78, 5) is 41.6. The summed E-state index contributed by atoms with van der Waals surface area (Å²) in [6.45, 7) is 10.9. The molecule has 1 saturated carbocycles. The number of hydrogen-bond acceptors (Lipinski definition) is 10. The molecular formula is C40H54ClN7O6. The van der Waals surface area contributed by atoms with Crippen molar-refractivity contribution in [2.45, 2.75) is 101 Å². The fourth-order valence-electron chi connectivity index (χ4n) is 8.01. The first-order valence-corrected chi connectivity index (χ1v) is 19.6. The normalized spacial score (nSPS) is 24.3. The molecule has 0 spiro atoms.